The zero-order valence-electron chi connectivity index (χ0n) is 11.5. The van der Waals surface area contributed by atoms with Crippen LogP contribution in [0.25, 0.3) is 0 Å². The first-order valence-corrected chi connectivity index (χ1v) is 6.62. The van der Waals surface area contributed by atoms with Crippen molar-refractivity contribution in [3.05, 3.63) is 59.0 Å². The topological polar surface area (TPSA) is 50.9 Å². The minimum atomic E-state index is -1.48. The van der Waals surface area contributed by atoms with Gasteiger partial charge in [-0.15, -0.1) is 0 Å². The maximum Gasteiger partial charge on any atom is 0.194 e. The van der Waals surface area contributed by atoms with Crippen LogP contribution in [0.3, 0.4) is 0 Å². The van der Waals surface area contributed by atoms with E-state index in [1.807, 2.05) is 6.92 Å². The first kappa shape index (κ1) is 15.3. The maximum atomic E-state index is 13.4. The lowest BCUT2D eigenvalue weighted by molar-refractivity contribution is 0.442. The van der Waals surface area contributed by atoms with E-state index >= 15 is 0 Å². The van der Waals surface area contributed by atoms with Gasteiger partial charge in [0.25, 0.3) is 0 Å². The van der Waals surface area contributed by atoms with Gasteiger partial charge in [-0.1, -0.05) is 13.0 Å². The van der Waals surface area contributed by atoms with Crippen molar-refractivity contribution in [2.45, 2.75) is 19.4 Å². The average Bonchev–Trinajstić information content (AvgIpc) is 2.46. The minimum Gasteiger partial charge on any atom is -0.383 e. The highest BCUT2D eigenvalue weighted by Gasteiger charge is 2.20. The van der Waals surface area contributed by atoms with Gasteiger partial charge >= 0.3 is 0 Å². The van der Waals surface area contributed by atoms with Crippen molar-refractivity contribution in [1.82, 2.24) is 10.3 Å². The third kappa shape index (κ3) is 3.33. The summed E-state index contributed by atoms with van der Waals surface area (Å²) in [6, 6.07) is 4.79. The van der Waals surface area contributed by atoms with Gasteiger partial charge in [0, 0.05) is 11.8 Å². The highest BCUT2D eigenvalue weighted by Crippen LogP contribution is 2.27. The van der Waals surface area contributed by atoms with Gasteiger partial charge in [-0.05, 0) is 36.7 Å². The van der Waals surface area contributed by atoms with E-state index in [1.165, 1.54) is 6.20 Å². The van der Waals surface area contributed by atoms with Gasteiger partial charge < -0.3 is 11.1 Å². The van der Waals surface area contributed by atoms with Crippen LogP contribution in [0.5, 0.6) is 0 Å². The zero-order valence-corrected chi connectivity index (χ0v) is 11.5. The van der Waals surface area contributed by atoms with Crippen molar-refractivity contribution in [2.24, 2.45) is 0 Å². The molecule has 21 heavy (non-hydrogen) atoms. The SMILES string of the molecule is CCCNC(c1cc(F)c(F)c(F)c1)c1cccnc1N. The fourth-order valence-corrected chi connectivity index (χ4v) is 2.11. The molecule has 0 amide bonds. The summed E-state index contributed by atoms with van der Waals surface area (Å²) < 4.78 is 40.0. The molecule has 1 heterocycles. The summed E-state index contributed by atoms with van der Waals surface area (Å²) in [5.74, 6) is -3.67. The van der Waals surface area contributed by atoms with Crippen LogP contribution < -0.4 is 11.1 Å². The molecule has 1 aromatic carbocycles. The Labute approximate surface area is 121 Å². The summed E-state index contributed by atoms with van der Waals surface area (Å²) in [4.78, 5) is 3.97. The van der Waals surface area contributed by atoms with E-state index in [1.54, 1.807) is 12.1 Å². The molecule has 0 aliphatic carbocycles. The molecule has 3 N–H and O–H groups in total. The molecule has 0 spiro atoms. The predicted octanol–water partition coefficient (Wildman–Crippen LogP) is 3.17. The Kier molecular flexibility index (Phi) is 4.80. The molecular formula is C15H16F3N3. The molecule has 6 heteroatoms. The maximum absolute atomic E-state index is 13.4. The van der Waals surface area contributed by atoms with E-state index in [-0.39, 0.29) is 11.4 Å². The first-order chi connectivity index (χ1) is 10.0. The van der Waals surface area contributed by atoms with Crippen LogP contribution >= 0.6 is 0 Å². The van der Waals surface area contributed by atoms with Crippen molar-refractivity contribution in [3.8, 4) is 0 Å². The highest BCUT2D eigenvalue weighted by atomic mass is 19.2. The van der Waals surface area contributed by atoms with Crippen LogP contribution in [0, 0.1) is 17.5 Å². The summed E-state index contributed by atoms with van der Waals surface area (Å²) in [5, 5.41) is 3.14. The number of nitrogens with zero attached hydrogens (tertiary/aromatic N) is 1. The zero-order chi connectivity index (χ0) is 15.4. The van der Waals surface area contributed by atoms with Gasteiger partial charge in [0.05, 0.1) is 6.04 Å². The van der Waals surface area contributed by atoms with Gasteiger partial charge in [0.15, 0.2) is 17.5 Å². The third-order valence-electron chi connectivity index (χ3n) is 3.12. The number of nitrogen functional groups attached to an aromatic ring is 1. The fourth-order valence-electron chi connectivity index (χ4n) is 2.11. The molecule has 112 valence electrons. The number of hydrogen-bond acceptors (Lipinski definition) is 3. The van der Waals surface area contributed by atoms with Gasteiger partial charge in [-0.2, -0.15) is 0 Å². The second-order valence-electron chi connectivity index (χ2n) is 4.66. The van der Waals surface area contributed by atoms with E-state index in [0.29, 0.717) is 12.1 Å². The number of hydrogen-bond donors (Lipinski definition) is 2. The number of pyridine rings is 1. The summed E-state index contributed by atoms with van der Waals surface area (Å²) >= 11 is 0. The van der Waals surface area contributed by atoms with E-state index in [2.05, 4.69) is 10.3 Å². The van der Waals surface area contributed by atoms with Crippen LogP contribution in [0.15, 0.2) is 30.5 Å². The van der Waals surface area contributed by atoms with Crippen LogP contribution in [0.2, 0.25) is 0 Å². The summed E-state index contributed by atoms with van der Waals surface area (Å²) in [7, 11) is 0. The number of nitrogens with one attached hydrogen (secondary N) is 1. The van der Waals surface area contributed by atoms with Crippen molar-refractivity contribution in [1.29, 1.82) is 0 Å². The molecule has 1 aromatic heterocycles. The summed E-state index contributed by atoms with van der Waals surface area (Å²) in [6.45, 7) is 2.57. The monoisotopic (exact) mass is 295 g/mol. The van der Waals surface area contributed by atoms with Gasteiger partial charge in [0.1, 0.15) is 5.82 Å². The Morgan fingerprint density at radius 3 is 2.48 bits per heavy atom. The van der Waals surface area contributed by atoms with Crippen LogP contribution in [0.1, 0.15) is 30.5 Å². The number of halogens is 3. The molecule has 2 rings (SSSR count). The number of rotatable bonds is 5. The Balaban J connectivity index is 2.48. The Bertz CT molecular complexity index is 608. The van der Waals surface area contributed by atoms with Crippen molar-refractivity contribution in [2.75, 3.05) is 12.3 Å². The van der Waals surface area contributed by atoms with E-state index in [0.717, 1.165) is 18.6 Å². The lowest BCUT2D eigenvalue weighted by Gasteiger charge is -2.21. The molecule has 1 unspecified atom stereocenters. The number of anilines is 1. The summed E-state index contributed by atoms with van der Waals surface area (Å²) in [5.41, 5.74) is 6.68. The summed E-state index contributed by atoms with van der Waals surface area (Å²) in [6.07, 6.45) is 2.35. The standard InChI is InChI=1S/C15H16F3N3/c1-2-5-20-14(10-4-3-6-21-15(10)19)9-7-11(16)13(18)12(17)8-9/h3-4,6-8,14,20H,2,5H2,1H3,(H2,19,21). The van der Waals surface area contributed by atoms with Crippen molar-refractivity contribution < 1.29 is 13.2 Å². The van der Waals surface area contributed by atoms with Gasteiger partial charge in [-0.25, -0.2) is 18.2 Å². The Hall–Kier alpha value is -2.08. The van der Waals surface area contributed by atoms with Crippen LogP contribution in [-0.4, -0.2) is 11.5 Å². The van der Waals surface area contributed by atoms with E-state index in [4.69, 9.17) is 5.73 Å². The first-order valence-electron chi connectivity index (χ1n) is 6.62. The number of nitrogens with two attached hydrogens (primary N) is 1. The molecule has 0 aliphatic heterocycles. The molecule has 1 atom stereocenters. The molecule has 0 aliphatic rings. The quantitative estimate of drug-likeness (QED) is 0.833. The lowest BCUT2D eigenvalue weighted by Crippen LogP contribution is -2.24. The molecular weight excluding hydrogens is 279 g/mol. The molecule has 0 bridgehead atoms. The Morgan fingerprint density at radius 2 is 1.90 bits per heavy atom. The number of aromatic nitrogens is 1. The second-order valence-corrected chi connectivity index (χ2v) is 4.66. The van der Waals surface area contributed by atoms with Gasteiger partial charge in [0.2, 0.25) is 0 Å². The largest absolute Gasteiger partial charge is 0.383 e. The Morgan fingerprint density at radius 1 is 1.24 bits per heavy atom. The normalized spacial score (nSPS) is 12.4. The predicted molar refractivity (Wildman–Crippen MR) is 75.1 cm³/mol. The highest BCUT2D eigenvalue weighted by molar-refractivity contribution is 5.45. The van der Waals surface area contributed by atoms with E-state index < -0.39 is 23.5 Å². The minimum absolute atomic E-state index is 0.260. The van der Waals surface area contributed by atoms with Crippen LogP contribution in [-0.2, 0) is 0 Å². The fraction of sp³-hybridized carbons (Fsp3) is 0.267. The number of benzene rings is 1. The average molecular weight is 295 g/mol. The van der Waals surface area contributed by atoms with E-state index in [9.17, 15) is 13.2 Å². The third-order valence-corrected chi connectivity index (χ3v) is 3.12. The molecule has 0 saturated carbocycles. The second kappa shape index (κ2) is 6.58. The molecule has 2 aromatic rings. The molecule has 0 fully saturated rings. The van der Waals surface area contributed by atoms with Crippen LogP contribution in [0.4, 0.5) is 19.0 Å². The smallest absolute Gasteiger partial charge is 0.194 e. The molecule has 3 nitrogen and oxygen atoms in total. The molecule has 0 saturated heterocycles. The van der Waals surface area contributed by atoms with Gasteiger partial charge in [-0.3, -0.25) is 0 Å². The van der Waals surface area contributed by atoms with Crippen molar-refractivity contribution >= 4 is 5.82 Å². The molecule has 0 radical (unpaired) electrons. The van der Waals surface area contributed by atoms with Crippen molar-refractivity contribution in [3.63, 3.8) is 0 Å². The lowest BCUT2D eigenvalue weighted by atomic mass is 9.98.